The maximum atomic E-state index is 13.3. The minimum Gasteiger partial charge on any atom is -0.353 e. The normalized spacial score (nSPS) is 15.0. The van der Waals surface area contributed by atoms with E-state index in [1.54, 1.807) is 6.07 Å². The maximum Gasteiger partial charge on any atom is 0.272 e. The van der Waals surface area contributed by atoms with E-state index < -0.39 is 0 Å². The molecule has 10 heteroatoms. The van der Waals surface area contributed by atoms with Crippen LogP contribution < -0.4 is 26.8 Å². The minimum absolute atomic E-state index is 0.0164. The molecule has 2 aliphatic heterocycles. The summed E-state index contributed by atoms with van der Waals surface area (Å²) in [5.74, 6) is 1.67. The molecule has 2 aliphatic rings. The van der Waals surface area contributed by atoms with Gasteiger partial charge < -0.3 is 15.2 Å². The highest BCUT2D eigenvalue weighted by atomic mass is 16.2. The third-order valence-electron chi connectivity index (χ3n) is 6.47. The number of aromatic amines is 1. The molecule has 4 heterocycles. The van der Waals surface area contributed by atoms with Crippen molar-refractivity contribution < 1.29 is 4.79 Å². The Morgan fingerprint density at radius 3 is 2.60 bits per heavy atom. The summed E-state index contributed by atoms with van der Waals surface area (Å²) in [6, 6.07) is 19.0. The van der Waals surface area contributed by atoms with Crippen molar-refractivity contribution in [1.29, 1.82) is 0 Å². The molecule has 2 aromatic heterocycles. The Kier molecular flexibility index (Phi) is 5.27. The summed E-state index contributed by atoms with van der Waals surface area (Å²) in [5, 5.41) is 8.29. The largest absolute Gasteiger partial charge is 0.353 e. The molecule has 10 nitrogen and oxygen atoms in total. The lowest BCUT2D eigenvalue weighted by Crippen LogP contribution is -2.49. The molecule has 176 valence electrons. The summed E-state index contributed by atoms with van der Waals surface area (Å²) < 4.78 is 0. The van der Waals surface area contributed by atoms with Crippen molar-refractivity contribution >= 4 is 34.0 Å². The number of pyridine rings is 1. The van der Waals surface area contributed by atoms with Crippen LogP contribution in [0.15, 0.2) is 65.5 Å². The van der Waals surface area contributed by atoms with Gasteiger partial charge in [0.2, 0.25) is 0 Å². The van der Waals surface area contributed by atoms with Crippen LogP contribution in [0.3, 0.4) is 0 Å². The Morgan fingerprint density at radius 2 is 1.74 bits per heavy atom. The fourth-order valence-corrected chi connectivity index (χ4v) is 4.61. The molecule has 0 unspecified atom stereocenters. The van der Waals surface area contributed by atoms with Crippen molar-refractivity contribution in [3.63, 3.8) is 0 Å². The van der Waals surface area contributed by atoms with E-state index in [-0.39, 0.29) is 11.5 Å². The van der Waals surface area contributed by atoms with Gasteiger partial charge in [0.25, 0.3) is 11.5 Å². The van der Waals surface area contributed by atoms with Gasteiger partial charge in [0.1, 0.15) is 5.82 Å². The monoisotopic (exact) mass is 468 g/mol. The standard InChI is InChI=1S/C25H24N8O2/c34-24-19-7-2-1-6-18(19)21(27-30-24)15-16-4-3-5-17(14-16)25(35)33-12-10-32(11-13-33)22-9-8-20-23(26-22)29-31-28-20/h1-9,14,28,31H,10-13,15H2,(H,26,29)(H,30,34). The fourth-order valence-electron chi connectivity index (χ4n) is 4.61. The number of hydrazine groups is 2. The summed E-state index contributed by atoms with van der Waals surface area (Å²) >= 11 is 0. The fraction of sp³-hybridized carbons (Fsp3) is 0.200. The Morgan fingerprint density at radius 1 is 0.914 bits per heavy atom. The first kappa shape index (κ1) is 21.1. The van der Waals surface area contributed by atoms with E-state index >= 15 is 0 Å². The van der Waals surface area contributed by atoms with E-state index in [1.165, 1.54) is 0 Å². The van der Waals surface area contributed by atoms with Crippen LogP contribution in [-0.4, -0.2) is 52.2 Å². The highest BCUT2D eigenvalue weighted by Gasteiger charge is 2.24. The quantitative estimate of drug-likeness (QED) is 0.360. The van der Waals surface area contributed by atoms with Crippen molar-refractivity contribution in [2.24, 2.45) is 0 Å². The minimum atomic E-state index is -0.202. The number of nitrogens with one attached hydrogen (secondary N) is 4. The number of benzene rings is 2. The summed E-state index contributed by atoms with van der Waals surface area (Å²) in [7, 11) is 0. The number of anilines is 3. The molecule has 4 aromatic rings. The number of aromatic nitrogens is 3. The molecule has 0 bridgehead atoms. The third kappa shape index (κ3) is 4.04. The molecule has 1 saturated heterocycles. The number of rotatable bonds is 4. The lowest BCUT2D eigenvalue weighted by molar-refractivity contribution is 0.0746. The van der Waals surface area contributed by atoms with Crippen LogP contribution in [0.5, 0.6) is 0 Å². The van der Waals surface area contributed by atoms with E-state index in [1.807, 2.05) is 59.5 Å². The highest BCUT2D eigenvalue weighted by molar-refractivity contribution is 5.94. The van der Waals surface area contributed by atoms with Gasteiger partial charge in [-0.3, -0.25) is 15.0 Å². The molecule has 1 amide bonds. The smallest absolute Gasteiger partial charge is 0.272 e. The Hall–Kier alpha value is -4.44. The SMILES string of the molecule is O=C(c1cccc(Cc2n[nH]c(=O)c3ccccc23)c1)N1CCN(c2ccc3c(n2)NNN3)CC1. The van der Waals surface area contributed by atoms with Crippen LogP contribution in [0.2, 0.25) is 0 Å². The summed E-state index contributed by atoms with van der Waals surface area (Å²) in [5.41, 5.74) is 11.9. The number of hydrogen-bond acceptors (Lipinski definition) is 8. The van der Waals surface area contributed by atoms with Gasteiger partial charge in [-0.2, -0.15) is 5.10 Å². The molecule has 0 saturated carbocycles. The third-order valence-corrected chi connectivity index (χ3v) is 6.47. The van der Waals surface area contributed by atoms with Crippen molar-refractivity contribution in [1.82, 2.24) is 25.6 Å². The van der Waals surface area contributed by atoms with Gasteiger partial charge in [-0.15, -0.1) is 5.53 Å². The molecule has 2 aromatic carbocycles. The number of hydrogen-bond donors (Lipinski definition) is 4. The number of H-pyrrole nitrogens is 1. The maximum absolute atomic E-state index is 13.3. The van der Waals surface area contributed by atoms with Gasteiger partial charge in [-0.25, -0.2) is 10.1 Å². The molecule has 35 heavy (non-hydrogen) atoms. The number of amides is 1. The average Bonchev–Trinajstić information content (AvgIpc) is 3.38. The molecule has 1 fully saturated rings. The first-order chi connectivity index (χ1) is 17.2. The predicted octanol–water partition coefficient (Wildman–Crippen LogP) is 2.13. The molecule has 0 radical (unpaired) electrons. The van der Waals surface area contributed by atoms with Gasteiger partial charge >= 0.3 is 0 Å². The second kappa shape index (κ2) is 8.73. The first-order valence-electron chi connectivity index (χ1n) is 11.5. The second-order valence-corrected chi connectivity index (χ2v) is 8.64. The van der Waals surface area contributed by atoms with Crippen LogP contribution >= 0.6 is 0 Å². The van der Waals surface area contributed by atoms with Crippen molar-refractivity contribution in [3.8, 4) is 0 Å². The lowest BCUT2D eigenvalue weighted by Gasteiger charge is -2.35. The molecular weight excluding hydrogens is 444 g/mol. The van der Waals surface area contributed by atoms with Crippen LogP contribution in [0.4, 0.5) is 17.3 Å². The molecule has 0 spiro atoms. The molecule has 4 N–H and O–H groups in total. The Bertz CT molecular complexity index is 1480. The van der Waals surface area contributed by atoms with E-state index in [2.05, 4.69) is 36.5 Å². The summed E-state index contributed by atoms with van der Waals surface area (Å²) in [4.78, 5) is 34.1. The van der Waals surface area contributed by atoms with Crippen molar-refractivity contribution in [3.05, 3.63) is 87.8 Å². The van der Waals surface area contributed by atoms with Crippen molar-refractivity contribution in [2.75, 3.05) is 41.9 Å². The summed E-state index contributed by atoms with van der Waals surface area (Å²) in [6.45, 7) is 2.67. The van der Waals surface area contributed by atoms with Gasteiger partial charge in [0.15, 0.2) is 5.82 Å². The molecule has 0 atom stereocenters. The number of fused-ring (bicyclic) bond motifs is 2. The topological polar surface area (TPSA) is 118 Å². The van der Waals surface area contributed by atoms with E-state index in [4.69, 9.17) is 0 Å². The predicted molar refractivity (Wildman–Crippen MR) is 134 cm³/mol. The van der Waals surface area contributed by atoms with Gasteiger partial charge in [0.05, 0.1) is 16.8 Å². The van der Waals surface area contributed by atoms with Gasteiger partial charge in [0, 0.05) is 43.5 Å². The second-order valence-electron chi connectivity index (χ2n) is 8.64. The number of carbonyl (C=O) groups excluding carboxylic acids is 1. The van der Waals surface area contributed by atoms with Crippen LogP contribution in [-0.2, 0) is 6.42 Å². The molecule has 0 aliphatic carbocycles. The number of nitrogens with zero attached hydrogens (tertiary/aromatic N) is 4. The Balaban J connectivity index is 1.15. The number of carbonyl (C=O) groups is 1. The van der Waals surface area contributed by atoms with Crippen LogP contribution in [0, 0.1) is 0 Å². The average molecular weight is 469 g/mol. The van der Waals surface area contributed by atoms with Gasteiger partial charge in [-0.05, 0) is 35.9 Å². The zero-order chi connectivity index (χ0) is 23.8. The molecule has 6 rings (SSSR count). The van der Waals surface area contributed by atoms with E-state index in [0.717, 1.165) is 34.0 Å². The lowest BCUT2D eigenvalue weighted by atomic mass is 10.0. The first-order valence-corrected chi connectivity index (χ1v) is 11.5. The van der Waals surface area contributed by atoms with Gasteiger partial charge in [-0.1, -0.05) is 30.3 Å². The van der Waals surface area contributed by atoms with Crippen molar-refractivity contribution in [2.45, 2.75) is 6.42 Å². The van der Waals surface area contributed by atoms with Crippen LogP contribution in [0.1, 0.15) is 21.6 Å². The van der Waals surface area contributed by atoms with E-state index in [0.29, 0.717) is 43.5 Å². The summed E-state index contributed by atoms with van der Waals surface area (Å²) in [6.07, 6.45) is 0.522. The Labute approximate surface area is 200 Å². The highest BCUT2D eigenvalue weighted by Crippen LogP contribution is 2.26. The number of piperazine rings is 1. The zero-order valence-electron chi connectivity index (χ0n) is 18.9. The van der Waals surface area contributed by atoms with E-state index in [9.17, 15) is 9.59 Å². The zero-order valence-corrected chi connectivity index (χ0v) is 18.9. The van der Waals surface area contributed by atoms with Crippen LogP contribution in [0.25, 0.3) is 10.8 Å². The molecular formula is C25H24N8O2.